The van der Waals surface area contributed by atoms with E-state index in [4.69, 9.17) is 0 Å². The molecule has 32 heavy (non-hydrogen) atoms. The van der Waals surface area contributed by atoms with Crippen molar-refractivity contribution in [3.63, 3.8) is 0 Å². The number of carbonyl (C=O) groups excluding carboxylic acids is 2. The molecule has 168 valence electrons. The molecule has 0 bridgehead atoms. The van der Waals surface area contributed by atoms with E-state index in [1.165, 1.54) is 36.4 Å². The average Bonchev–Trinajstić information content (AvgIpc) is 3.14. The Kier molecular flexibility index (Phi) is 5.14. The van der Waals surface area contributed by atoms with Crippen LogP contribution in [0.1, 0.15) is 24.2 Å². The highest BCUT2D eigenvalue weighted by Crippen LogP contribution is 2.36. The minimum atomic E-state index is -3.78. The largest absolute Gasteiger partial charge is 0.298 e. The van der Waals surface area contributed by atoms with Crippen molar-refractivity contribution in [2.24, 2.45) is 5.41 Å². The number of fused-ring (bicyclic) bond motifs is 1. The highest BCUT2D eigenvalue weighted by Gasteiger charge is 2.49. The van der Waals surface area contributed by atoms with Crippen LogP contribution in [-0.2, 0) is 24.7 Å². The fourth-order valence-corrected chi connectivity index (χ4v) is 7.10. The number of aromatic nitrogens is 1. The molecule has 2 heterocycles. The van der Waals surface area contributed by atoms with Crippen LogP contribution in [0.5, 0.6) is 0 Å². The molecule has 0 aliphatic carbocycles. The van der Waals surface area contributed by atoms with Gasteiger partial charge in [0, 0.05) is 11.8 Å². The molecule has 1 aliphatic rings. The third kappa shape index (κ3) is 4.00. The molecular formula is C20H19N3O6S3. The minimum Gasteiger partial charge on any atom is -0.298 e. The molecule has 0 atom stereocenters. The zero-order valence-electron chi connectivity index (χ0n) is 17.3. The number of benzene rings is 2. The number of anilines is 2. The number of nitrogens with zero attached hydrogens (tertiary/aromatic N) is 2. The molecule has 2 aromatic carbocycles. The number of thiazole rings is 1. The van der Waals surface area contributed by atoms with Gasteiger partial charge in [-0.15, -0.1) is 0 Å². The Bertz CT molecular complexity index is 1470. The van der Waals surface area contributed by atoms with E-state index in [-0.39, 0.29) is 21.9 Å². The summed E-state index contributed by atoms with van der Waals surface area (Å²) in [5, 5.41) is 2.94. The summed E-state index contributed by atoms with van der Waals surface area (Å²) in [6, 6.07) is 10.2. The van der Waals surface area contributed by atoms with Crippen molar-refractivity contribution in [3.8, 4) is 0 Å². The van der Waals surface area contributed by atoms with Crippen LogP contribution < -0.4 is 9.62 Å². The first kappa shape index (κ1) is 22.4. The third-order valence-corrected chi connectivity index (χ3v) is 9.02. The number of hydrogen-bond donors (Lipinski definition) is 1. The Morgan fingerprint density at radius 2 is 1.81 bits per heavy atom. The van der Waals surface area contributed by atoms with Crippen molar-refractivity contribution in [3.05, 3.63) is 48.0 Å². The Hall–Kier alpha value is -2.83. The molecule has 0 radical (unpaired) electrons. The lowest BCUT2D eigenvalue weighted by Gasteiger charge is -2.17. The van der Waals surface area contributed by atoms with Crippen molar-refractivity contribution < 1.29 is 26.4 Å². The predicted molar refractivity (Wildman–Crippen MR) is 122 cm³/mol. The van der Waals surface area contributed by atoms with Gasteiger partial charge in [-0.25, -0.2) is 26.1 Å². The summed E-state index contributed by atoms with van der Waals surface area (Å²) in [5.41, 5.74) is -0.0504. The van der Waals surface area contributed by atoms with E-state index in [2.05, 4.69) is 10.3 Å². The molecule has 1 aromatic heterocycles. The van der Waals surface area contributed by atoms with Crippen molar-refractivity contribution >= 4 is 64.0 Å². The summed E-state index contributed by atoms with van der Waals surface area (Å²) < 4.78 is 49.6. The minimum absolute atomic E-state index is 0.164. The Balaban J connectivity index is 1.55. The van der Waals surface area contributed by atoms with Crippen LogP contribution in [0.15, 0.2) is 47.4 Å². The number of amides is 2. The van der Waals surface area contributed by atoms with Gasteiger partial charge >= 0.3 is 0 Å². The van der Waals surface area contributed by atoms with Gasteiger partial charge < -0.3 is 0 Å². The van der Waals surface area contributed by atoms with Gasteiger partial charge in [0.1, 0.15) is 0 Å². The standard InChI is InChI=1S/C20H19N3O6S3/c1-20(2)11-32(28,29)23(18(20)25)13-6-4-12(5-7-13)17(24)22-19-21-15-9-8-14(31(3,26)27)10-16(15)30-19/h4-10H,11H2,1-3H3,(H,21,22,24). The van der Waals surface area contributed by atoms with Crippen molar-refractivity contribution in [2.75, 3.05) is 21.6 Å². The highest BCUT2D eigenvalue weighted by atomic mass is 32.2. The number of hydrogen-bond acceptors (Lipinski definition) is 8. The van der Waals surface area contributed by atoms with E-state index < -0.39 is 37.1 Å². The van der Waals surface area contributed by atoms with E-state index in [1.54, 1.807) is 19.9 Å². The second-order valence-corrected chi connectivity index (χ2v) is 13.0. The first-order chi connectivity index (χ1) is 14.8. The predicted octanol–water partition coefficient (Wildman–Crippen LogP) is 2.65. The van der Waals surface area contributed by atoms with Crippen LogP contribution in [0.3, 0.4) is 0 Å². The van der Waals surface area contributed by atoms with Gasteiger partial charge in [-0.3, -0.25) is 14.9 Å². The molecule has 0 saturated carbocycles. The van der Waals surface area contributed by atoms with Crippen LogP contribution in [0.2, 0.25) is 0 Å². The van der Waals surface area contributed by atoms with E-state index in [9.17, 15) is 26.4 Å². The van der Waals surface area contributed by atoms with E-state index in [0.717, 1.165) is 21.9 Å². The maximum Gasteiger partial charge on any atom is 0.257 e. The SMILES string of the molecule is CC1(C)CS(=O)(=O)N(c2ccc(C(=O)Nc3nc4ccc(S(C)(=O)=O)cc4s3)cc2)C1=O. The molecular weight excluding hydrogens is 474 g/mol. The molecule has 1 saturated heterocycles. The molecule has 1 fully saturated rings. The molecule has 12 heteroatoms. The monoisotopic (exact) mass is 493 g/mol. The number of carbonyl (C=O) groups is 2. The normalized spacial score (nSPS) is 17.6. The maximum absolute atomic E-state index is 12.6. The van der Waals surface area contributed by atoms with Gasteiger partial charge in [-0.05, 0) is 56.3 Å². The van der Waals surface area contributed by atoms with Crippen LogP contribution in [0.25, 0.3) is 10.2 Å². The molecule has 1 N–H and O–H groups in total. The first-order valence-corrected chi connectivity index (χ1v) is 13.7. The topological polar surface area (TPSA) is 131 Å². The van der Waals surface area contributed by atoms with E-state index in [0.29, 0.717) is 15.3 Å². The lowest BCUT2D eigenvalue weighted by atomic mass is 9.95. The van der Waals surface area contributed by atoms with Crippen LogP contribution >= 0.6 is 11.3 Å². The summed E-state index contributed by atoms with van der Waals surface area (Å²) in [6.45, 7) is 3.15. The maximum atomic E-state index is 12.6. The zero-order chi connectivity index (χ0) is 23.5. The van der Waals surface area contributed by atoms with Crippen molar-refractivity contribution in [2.45, 2.75) is 18.7 Å². The molecule has 0 spiro atoms. The van der Waals surface area contributed by atoms with Crippen molar-refractivity contribution in [1.29, 1.82) is 0 Å². The molecule has 1 aliphatic heterocycles. The fourth-order valence-electron chi connectivity index (χ4n) is 3.37. The third-order valence-electron chi connectivity index (χ3n) is 4.96. The fraction of sp³-hybridized carbons (Fsp3) is 0.250. The molecule has 4 rings (SSSR count). The summed E-state index contributed by atoms with van der Waals surface area (Å²) >= 11 is 1.13. The molecule has 3 aromatic rings. The summed E-state index contributed by atoms with van der Waals surface area (Å²) in [5.74, 6) is -1.27. The van der Waals surface area contributed by atoms with Gasteiger partial charge in [-0.1, -0.05) is 11.3 Å². The Morgan fingerprint density at radius 1 is 1.16 bits per heavy atom. The summed E-state index contributed by atoms with van der Waals surface area (Å²) in [4.78, 5) is 29.6. The van der Waals surface area contributed by atoms with Gasteiger partial charge in [-0.2, -0.15) is 0 Å². The molecule has 0 unspecified atom stereocenters. The Morgan fingerprint density at radius 3 is 2.38 bits per heavy atom. The van der Waals surface area contributed by atoms with Gasteiger partial charge in [0.25, 0.3) is 5.91 Å². The summed E-state index contributed by atoms with van der Waals surface area (Å²) in [6.07, 6.45) is 1.11. The number of rotatable bonds is 4. The summed E-state index contributed by atoms with van der Waals surface area (Å²) in [7, 11) is -7.14. The first-order valence-electron chi connectivity index (χ1n) is 9.37. The molecule has 9 nitrogen and oxygen atoms in total. The zero-order valence-corrected chi connectivity index (χ0v) is 19.8. The van der Waals surface area contributed by atoms with Gasteiger partial charge in [0.15, 0.2) is 15.0 Å². The second-order valence-electron chi connectivity index (χ2n) is 8.13. The van der Waals surface area contributed by atoms with Gasteiger partial charge in [0.2, 0.25) is 15.9 Å². The number of sulfone groups is 1. The van der Waals surface area contributed by atoms with Crippen LogP contribution in [0.4, 0.5) is 10.8 Å². The van der Waals surface area contributed by atoms with E-state index in [1.807, 2.05) is 0 Å². The number of nitrogens with one attached hydrogen (secondary N) is 1. The van der Waals surface area contributed by atoms with Crippen molar-refractivity contribution in [1.82, 2.24) is 4.98 Å². The lowest BCUT2D eigenvalue weighted by Crippen LogP contribution is -2.32. The number of sulfonamides is 1. The molecule has 2 amide bonds. The lowest BCUT2D eigenvalue weighted by molar-refractivity contribution is -0.123. The average molecular weight is 494 g/mol. The smallest absolute Gasteiger partial charge is 0.257 e. The van der Waals surface area contributed by atoms with Crippen LogP contribution in [-0.4, -0.2) is 45.6 Å². The highest BCUT2D eigenvalue weighted by molar-refractivity contribution is 7.94. The quantitative estimate of drug-likeness (QED) is 0.591. The Labute approximate surface area is 189 Å². The second kappa shape index (κ2) is 7.36. The van der Waals surface area contributed by atoms with Crippen LogP contribution in [0, 0.1) is 5.41 Å². The van der Waals surface area contributed by atoms with E-state index >= 15 is 0 Å². The van der Waals surface area contributed by atoms with Gasteiger partial charge in [0.05, 0.1) is 32.0 Å².